The monoisotopic (exact) mass is 263 g/mol. The summed E-state index contributed by atoms with van der Waals surface area (Å²) in [5, 5.41) is 0.634. The maximum Gasteiger partial charge on any atom is 0.160 e. The van der Waals surface area contributed by atoms with Gasteiger partial charge in [-0.15, -0.1) is 0 Å². The highest BCUT2D eigenvalue weighted by molar-refractivity contribution is 6.33. The second-order valence-electron chi connectivity index (χ2n) is 3.71. The number of nitrogens with two attached hydrogens (primary N) is 1. The maximum absolute atomic E-state index is 6.08. The van der Waals surface area contributed by atoms with Crippen molar-refractivity contribution in [1.29, 1.82) is 0 Å². The van der Waals surface area contributed by atoms with Crippen LogP contribution in [-0.4, -0.2) is 23.1 Å². The van der Waals surface area contributed by atoms with Gasteiger partial charge in [-0.05, 0) is 25.1 Å². The molecule has 0 aliphatic carbocycles. The van der Waals surface area contributed by atoms with Gasteiger partial charge in [0.25, 0.3) is 0 Å². The quantitative estimate of drug-likeness (QED) is 0.842. The van der Waals surface area contributed by atoms with Crippen LogP contribution in [-0.2, 0) is 0 Å². The minimum absolute atomic E-state index is 0.575. The number of hydrogen-bond donors (Lipinski definition) is 1. The van der Waals surface area contributed by atoms with E-state index in [9.17, 15) is 0 Å². The number of rotatable bonds is 5. The molecule has 1 aromatic heterocycles. The van der Waals surface area contributed by atoms with Crippen molar-refractivity contribution in [3.63, 3.8) is 0 Å². The molecule has 0 aliphatic rings. The molecule has 0 bridgehead atoms. The van der Waals surface area contributed by atoms with Crippen molar-refractivity contribution in [1.82, 2.24) is 9.97 Å². The summed E-state index contributed by atoms with van der Waals surface area (Å²) in [7, 11) is 0. The Morgan fingerprint density at radius 3 is 2.56 bits per heavy atom. The Labute approximate surface area is 111 Å². The fourth-order valence-corrected chi connectivity index (χ4v) is 1.67. The third kappa shape index (κ3) is 3.18. The Morgan fingerprint density at radius 1 is 1.17 bits per heavy atom. The van der Waals surface area contributed by atoms with Crippen LogP contribution in [0.25, 0.3) is 11.4 Å². The smallest absolute Gasteiger partial charge is 0.160 e. The average molecular weight is 264 g/mol. The zero-order valence-corrected chi connectivity index (χ0v) is 10.6. The molecule has 2 rings (SSSR count). The summed E-state index contributed by atoms with van der Waals surface area (Å²) in [5.41, 5.74) is 6.20. The number of benzene rings is 1. The topological polar surface area (TPSA) is 61.0 Å². The summed E-state index contributed by atoms with van der Waals surface area (Å²) in [4.78, 5) is 8.47. The molecule has 94 valence electrons. The molecule has 2 aromatic rings. The van der Waals surface area contributed by atoms with Gasteiger partial charge in [0.2, 0.25) is 0 Å². The van der Waals surface area contributed by atoms with Gasteiger partial charge in [0, 0.05) is 5.56 Å². The highest BCUT2D eigenvalue weighted by atomic mass is 35.5. The van der Waals surface area contributed by atoms with E-state index in [1.807, 2.05) is 24.3 Å². The molecule has 0 fully saturated rings. The van der Waals surface area contributed by atoms with Crippen LogP contribution in [0.3, 0.4) is 0 Å². The summed E-state index contributed by atoms with van der Waals surface area (Å²) >= 11 is 6.08. The Morgan fingerprint density at radius 2 is 1.89 bits per heavy atom. The lowest BCUT2D eigenvalue weighted by Crippen LogP contribution is -2.06. The van der Waals surface area contributed by atoms with E-state index in [4.69, 9.17) is 22.1 Å². The molecular weight excluding hydrogens is 250 g/mol. The molecule has 0 saturated carbocycles. The van der Waals surface area contributed by atoms with E-state index in [1.54, 1.807) is 12.4 Å². The second kappa shape index (κ2) is 6.33. The largest absolute Gasteiger partial charge is 0.490 e. The first kappa shape index (κ1) is 12.8. The Kier molecular flexibility index (Phi) is 4.50. The highest BCUT2D eigenvalue weighted by Gasteiger charge is 2.05. The summed E-state index contributed by atoms with van der Waals surface area (Å²) in [5.74, 6) is 1.23. The predicted octanol–water partition coefficient (Wildman–Crippen LogP) is 2.52. The van der Waals surface area contributed by atoms with Crippen molar-refractivity contribution in [2.24, 2.45) is 5.73 Å². The minimum atomic E-state index is 0.575. The van der Waals surface area contributed by atoms with Crippen molar-refractivity contribution in [3.8, 4) is 17.1 Å². The predicted molar refractivity (Wildman–Crippen MR) is 71.6 cm³/mol. The molecule has 0 aliphatic heterocycles. The summed E-state index contributed by atoms with van der Waals surface area (Å²) in [6.07, 6.45) is 4.09. The molecule has 0 spiro atoms. The number of halogens is 1. The van der Waals surface area contributed by atoms with Crippen LogP contribution < -0.4 is 10.5 Å². The molecule has 4 nitrogen and oxygen atoms in total. The molecule has 5 heteroatoms. The lowest BCUT2D eigenvalue weighted by atomic mass is 10.2. The van der Waals surface area contributed by atoms with Gasteiger partial charge in [0.05, 0.1) is 24.0 Å². The average Bonchev–Trinajstić information content (AvgIpc) is 2.41. The molecular formula is C13H14ClN3O. The van der Waals surface area contributed by atoms with Gasteiger partial charge in [0.1, 0.15) is 0 Å². The first-order chi connectivity index (χ1) is 8.81. The van der Waals surface area contributed by atoms with Gasteiger partial charge in [-0.1, -0.05) is 23.7 Å². The fourth-order valence-electron chi connectivity index (χ4n) is 1.45. The van der Waals surface area contributed by atoms with Gasteiger partial charge >= 0.3 is 0 Å². The molecule has 2 N–H and O–H groups in total. The van der Waals surface area contributed by atoms with Crippen LogP contribution >= 0.6 is 11.6 Å². The van der Waals surface area contributed by atoms with Crippen molar-refractivity contribution < 1.29 is 4.74 Å². The molecule has 1 heterocycles. The molecule has 1 aromatic carbocycles. The van der Waals surface area contributed by atoms with Crippen LogP contribution in [0.5, 0.6) is 5.75 Å². The van der Waals surface area contributed by atoms with Gasteiger partial charge in [-0.2, -0.15) is 0 Å². The molecule has 0 atom stereocenters. The second-order valence-corrected chi connectivity index (χ2v) is 4.12. The van der Waals surface area contributed by atoms with Gasteiger partial charge in [-0.3, -0.25) is 0 Å². The zero-order chi connectivity index (χ0) is 12.8. The third-order valence-corrected chi connectivity index (χ3v) is 2.69. The number of ether oxygens (including phenoxy) is 1. The summed E-state index contributed by atoms with van der Waals surface area (Å²) in [6, 6.07) is 7.46. The Bertz CT molecular complexity index is 502. The SMILES string of the molecule is NCCCOc1cnc(-c2ccccc2Cl)nc1. The zero-order valence-electron chi connectivity index (χ0n) is 9.84. The van der Waals surface area contributed by atoms with E-state index in [0.29, 0.717) is 29.7 Å². The normalized spacial score (nSPS) is 10.3. The first-order valence-corrected chi connectivity index (χ1v) is 6.09. The van der Waals surface area contributed by atoms with E-state index >= 15 is 0 Å². The molecule has 0 amide bonds. The van der Waals surface area contributed by atoms with Crippen LogP contribution in [0.1, 0.15) is 6.42 Å². The van der Waals surface area contributed by atoms with E-state index in [0.717, 1.165) is 12.0 Å². The van der Waals surface area contributed by atoms with Crippen LogP contribution in [0.4, 0.5) is 0 Å². The van der Waals surface area contributed by atoms with Crippen LogP contribution in [0.15, 0.2) is 36.7 Å². The van der Waals surface area contributed by atoms with Crippen molar-refractivity contribution in [2.75, 3.05) is 13.2 Å². The van der Waals surface area contributed by atoms with Crippen molar-refractivity contribution >= 4 is 11.6 Å². The number of aromatic nitrogens is 2. The summed E-state index contributed by atoms with van der Waals surface area (Å²) in [6.45, 7) is 1.18. The highest BCUT2D eigenvalue weighted by Crippen LogP contribution is 2.24. The Hall–Kier alpha value is -1.65. The molecule has 0 saturated heterocycles. The van der Waals surface area contributed by atoms with E-state index in [-0.39, 0.29) is 0 Å². The van der Waals surface area contributed by atoms with Crippen LogP contribution in [0, 0.1) is 0 Å². The first-order valence-electron chi connectivity index (χ1n) is 5.71. The number of hydrogen-bond acceptors (Lipinski definition) is 4. The lowest BCUT2D eigenvalue weighted by molar-refractivity contribution is 0.311. The van der Waals surface area contributed by atoms with E-state index in [1.165, 1.54) is 0 Å². The van der Waals surface area contributed by atoms with Crippen molar-refractivity contribution in [2.45, 2.75) is 6.42 Å². The third-order valence-electron chi connectivity index (χ3n) is 2.36. The fraction of sp³-hybridized carbons (Fsp3) is 0.231. The number of nitrogens with zero attached hydrogens (tertiary/aromatic N) is 2. The van der Waals surface area contributed by atoms with Gasteiger partial charge in [-0.25, -0.2) is 9.97 Å². The van der Waals surface area contributed by atoms with Gasteiger partial charge < -0.3 is 10.5 Å². The van der Waals surface area contributed by atoms with Gasteiger partial charge in [0.15, 0.2) is 11.6 Å². The van der Waals surface area contributed by atoms with E-state index < -0.39 is 0 Å². The molecule has 18 heavy (non-hydrogen) atoms. The minimum Gasteiger partial charge on any atom is -0.490 e. The van der Waals surface area contributed by atoms with Crippen LogP contribution in [0.2, 0.25) is 5.02 Å². The summed E-state index contributed by atoms with van der Waals surface area (Å²) < 4.78 is 5.43. The molecule has 0 unspecified atom stereocenters. The lowest BCUT2D eigenvalue weighted by Gasteiger charge is -2.06. The standard InChI is InChI=1S/C13H14ClN3O/c14-12-5-2-1-4-11(12)13-16-8-10(9-17-13)18-7-3-6-15/h1-2,4-5,8-9H,3,6-7,15H2. The maximum atomic E-state index is 6.08. The Balaban J connectivity index is 2.10. The van der Waals surface area contributed by atoms with E-state index in [2.05, 4.69) is 9.97 Å². The van der Waals surface area contributed by atoms with Crippen molar-refractivity contribution in [3.05, 3.63) is 41.7 Å². The molecule has 0 radical (unpaired) electrons.